The fourth-order valence-corrected chi connectivity index (χ4v) is 6.25. The fourth-order valence-electron chi connectivity index (χ4n) is 4.49. The van der Waals surface area contributed by atoms with E-state index in [-0.39, 0.29) is 36.0 Å². The second kappa shape index (κ2) is 9.34. The number of carbonyl (C=O) groups excluding carboxylic acids is 1. The SMILES string of the molecule is CCCN(CC(=O)N1CCCC1c1ccc(OC)cc1OC)C1CCS(=O)(=O)C1. The van der Waals surface area contributed by atoms with Gasteiger partial charge in [0.1, 0.15) is 11.5 Å². The lowest BCUT2D eigenvalue weighted by molar-refractivity contribution is -0.133. The molecule has 0 saturated carbocycles. The van der Waals surface area contributed by atoms with Crippen molar-refractivity contribution in [1.82, 2.24) is 9.80 Å². The number of hydrogen-bond donors (Lipinski definition) is 0. The summed E-state index contributed by atoms with van der Waals surface area (Å²) in [4.78, 5) is 17.2. The zero-order chi connectivity index (χ0) is 21.0. The topological polar surface area (TPSA) is 76.2 Å². The first-order valence-electron chi connectivity index (χ1n) is 10.3. The highest BCUT2D eigenvalue weighted by Gasteiger charge is 2.36. The Morgan fingerprint density at radius 1 is 1.24 bits per heavy atom. The fraction of sp³-hybridized carbons (Fsp3) is 0.667. The van der Waals surface area contributed by atoms with E-state index >= 15 is 0 Å². The minimum atomic E-state index is -2.98. The average Bonchev–Trinajstić information content (AvgIpc) is 3.33. The summed E-state index contributed by atoms with van der Waals surface area (Å²) in [6.07, 6.45) is 3.34. The predicted octanol–water partition coefficient (Wildman–Crippen LogP) is 2.27. The maximum absolute atomic E-state index is 13.2. The van der Waals surface area contributed by atoms with Crippen molar-refractivity contribution in [1.29, 1.82) is 0 Å². The quantitative estimate of drug-likeness (QED) is 0.637. The van der Waals surface area contributed by atoms with Crippen molar-refractivity contribution >= 4 is 15.7 Å². The van der Waals surface area contributed by atoms with Gasteiger partial charge in [-0.2, -0.15) is 0 Å². The molecule has 1 aromatic rings. The maximum atomic E-state index is 13.2. The lowest BCUT2D eigenvalue weighted by Crippen LogP contribution is -2.45. The zero-order valence-corrected chi connectivity index (χ0v) is 18.4. The first-order valence-corrected chi connectivity index (χ1v) is 12.2. The van der Waals surface area contributed by atoms with Gasteiger partial charge in [0.2, 0.25) is 5.91 Å². The summed E-state index contributed by atoms with van der Waals surface area (Å²) < 4.78 is 34.7. The van der Waals surface area contributed by atoms with Gasteiger partial charge in [0.15, 0.2) is 9.84 Å². The summed E-state index contributed by atoms with van der Waals surface area (Å²) in [5, 5.41) is 0. The second-order valence-corrected chi connectivity index (χ2v) is 10.1. The van der Waals surface area contributed by atoms with Crippen LogP contribution in [-0.2, 0) is 14.6 Å². The number of rotatable bonds is 8. The summed E-state index contributed by atoms with van der Waals surface area (Å²) >= 11 is 0. The standard InChI is InChI=1S/C21H32N2O5S/c1-4-10-22(16-9-12-29(25,26)15-16)14-21(24)23-11-5-6-19(23)18-8-7-17(27-2)13-20(18)28-3/h7-8,13,16,19H,4-6,9-12,14-15H2,1-3H3. The number of likely N-dealkylation sites (tertiary alicyclic amines) is 1. The van der Waals surface area contributed by atoms with Gasteiger partial charge in [0.05, 0.1) is 38.3 Å². The van der Waals surface area contributed by atoms with Crippen molar-refractivity contribution in [2.45, 2.75) is 44.7 Å². The van der Waals surface area contributed by atoms with Crippen molar-refractivity contribution in [2.75, 3.05) is 45.4 Å². The van der Waals surface area contributed by atoms with Gasteiger partial charge in [0, 0.05) is 24.2 Å². The largest absolute Gasteiger partial charge is 0.497 e. The highest BCUT2D eigenvalue weighted by atomic mass is 32.2. The van der Waals surface area contributed by atoms with Crippen molar-refractivity contribution in [3.05, 3.63) is 23.8 Å². The molecular formula is C21H32N2O5S. The van der Waals surface area contributed by atoms with Gasteiger partial charge >= 0.3 is 0 Å². The number of sulfone groups is 1. The molecule has 3 rings (SSSR count). The summed E-state index contributed by atoms with van der Waals surface area (Å²) in [5.74, 6) is 1.89. The van der Waals surface area contributed by atoms with Crippen LogP contribution in [0.2, 0.25) is 0 Å². The lowest BCUT2D eigenvalue weighted by Gasteiger charge is -2.32. The monoisotopic (exact) mass is 424 g/mol. The lowest BCUT2D eigenvalue weighted by atomic mass is 10.0. The second-order valence-electron chi connectivity index (χ2n) is 7.88. The van der Waals surface area contributed by atoms with Crippen LogP contribution in [0, 0.1) is 0 Å². The van der Waals surface area contributed by atoms with Crippen LogP contribution < -0.4 is 9.47 Å². The Bertz CT molecular complexity index is 826. The summed E-state index contributed by atoms with van der Waals surface area (Å²) in [6.45, 7) is 3.77. The smallest absolute Gasteiger partial charge is 0.237 e. The van der Waals surface area contributed by atoms with Crippen LogP contribution in [0.15, 0.2) is 18.2 Å². The Morgan fingerprint density at radius 3 is 2.66 bits per heavy atom. The van der Waals surface area contributed by atoms with Crippen LogP contribution in [0.1, 0.15) is 44.2 Å². The molecule has 0 N–H and O–H groups in total. The molecule has 2 unspecified atom stereocenters. The van der Waals surface area contributed by atoms with Crippen molar-refractivity contribution in [2.24, 2.45) is 0 Å². The van der Waals surface area contributed by atoms with E-state index < -0.39 is 9.84 Å². The van der Waals surface area contributed by atoms with Crippen LogP contribution >= 0.6 is 0 Å². The number of carbonyl (C=O) groups is 1. The number of benzene rings is 1. The Labute approximate surface area is 173 Å². The third kappa shape index (κ3) is 5.04. The molecule has 2 heterocycles. The molecule has 2 aliphatic heterocycles. The van der Waals surface area contributed by atoms with E-state index in [4.69, 9.17) is 9.47 Å². The molecule has 29 heavy (non-hydrogen) atoms. The van der Waals surface area contributed by atoms with E-state index in [0.717, 1.165) is 42.9 Å². The van der Waals surface area contributed by atoms with Crippen LogP contribution in [0.25, 0.3) is 0 Å². The molecule has 7 nitrogen and oxygen atoms in total. The van der Waals surface area contributed by atoms with E-state index in [9.17, 15) is 13.2 Å². The van der Waals surface area contributed by atoms with Crippen molar-refractivity contribution < 1.29 is 22.7 Å². The first-order chi connectivity index (χ1) is 13.9. The van der Waals surface area contributed by atoms with Gasteiger partial charge in [-0.1, -0.05) is 6.92 Å². The van der Waals surface area contributed by atoms with Gasteiger partial charge < -0.3 is 14.4 Å². The molecule has 2 fully saturated rings. The van der Waals surface area contributed by atoms with E-state index in [0.29, 0.717) is 13.0 Å². The number of methoxy groups -OCH3 is 2. The Hall–Kier alpha value is -1.80. The van der Waals surface area contributed by atoms with E-state index in [1.54, 1.807) is 14.2 Å². The highest BCUT2D eigenvalue weighted by Crippen LogP contribution is 2.38. The summed E-state index contributed by atoms with van der Waals surface area (Å²) in [5.41, 5.74) is 0.990. The van der Waals surface area contributed by atoms with Gasteiger partial charge in [-0.3, -0.25) is 9.69 Å². The van der Waals surface area contributed by atoms with Crippen LogP contribution in [0.3, 0.4) is 0 Å². The molecule has 0 aliphatic carbocycles. The third-order valence-corrected chi connectivity index (χ3v) is 7.70. The maximum Gasteiger partial charge on any atom is 0.237 e. The summed E-state index contributed by atoms with van der Waals surface area (Å²) in [7, 11) is 0.266. The van der Waals surface area contributed by atoms with Crippen molar-refractivity contribution in [3.63, 3.8) is 0 Å². The minimum absolute atomic E-state index is 0.0286. The van der Waals surface area contributed by atoms with Crippen LogP contribution in [0.5, 0.6) is 11.5 Å². The summed E-state index contributed by atoms with van der Waals surface area (Å²) in [6, 6.07) is 5.63. The first kappa shape index (κ1) is 21.9. The normalized spacial score (nSPS) is 23.5. The Kier molecular flexibility index (Phi) is 7.05. The number of hydrogen-bond acceptors (Lipinski definition) is 6. The third-order valence-electron chi connectivity index (χ3n) is 5.95. The minimum Gasteiger partial charge on any atom is -0.497 e. The van der Waals surface area contributed by atoms with Gasteiger partial charge in [-0.05, 0) is 44.4 Å². The average molecular weight is 425 g/mol. The zero-order valence-electron chi connectivity index (χ0n) is 17.6. The molecule has 8 heteroatoms. The molecule has 1 aromatic carbocycles. The molecule has 0 spiro atoms. The molecular weight excluding hydrogens is 392 g/mol. The van der Waals surface area contributed by atoms with Gasteiger partial charge in [-0.15, -0.1) is 0 Å². The molecule has 0 aromatic heterocycles. The van der Waals surface area contributed by atoms with Crippen LogP contribution in [-0.4, -0.2) is 75.5 Å². The molecule has 0 radical (unpaired) electrons. The van der Waals surface area contributed by atoms with Crippen molar-refractivity contribution in [3.8, 4) is 11.5 Å². The number of amides is 1. The van der Waals surface area contributed by atoms with E-state index in [2.05, 4.69) is 11.8 Å². The van der Waals surface area contributed by atoms with Gasteiger partial charge in [0.25, 0.3) is 0 Å². The van der Waals surface area contributed by atoms with E-state index in [1.165, 1.54) is 0 Å². The molecule has 2 aliphatic rings. The molecule has 2 saturated heterocycles. The van der Waals surface area contributed by atoms with Gasteiger partial charge in [-0.25, -0.2) is 8.42 Å². The molecule has 2 atom stereocenters. The Morgan fingerprint density at radius 2 is 2.03 bits per heavy atom. The molecule has 1 amide bonds. The Balaban J connectivity index is 1.75. The molecule has 162 valence electrons. The van der Waals surface area contributed by atoms with Crippen LogP contribution in [0.4, 0.5) is 0 Å². The highest BCUT2D eigenvalue weighted by molar-refractivity contribution is 7.91. The van der Waals surface area contributed by atoms with E-state index in [1.807, 2.05) is 23.1 Å². The number of ether oxygens (including phenoxy) is 2. The number of nitrogens with zero attached hydrogens (tertiary/aromatic N) is 2. The molecule has 0 bridgehead atoms. The predicted molar refractivity (Wildman–Crippen MR) is 112 cm³/mol.